The van der Waals surface area contributed by atoms with Crippen molar-refractivity contribution in [1.29, 1.82) is 0 Å². The predicted molar refractivity (Wildman–Crippen MR) is 99.2 cm³/mol. The fraction of sp³-hybridized carbons (Fsp3) is 0.650. The standard InChI is InChI=1S/C20H28N2S/c1-14-2-4-15(5-3-14)12-21-19(23)22-13-20-9-16-6-17(10-20)8-18(7-16)11-20/h2-5,16-18H,6-13H2,1H3,(H2,21,22,23). The number of aryl methyl sites for hydroxylation is 1. The second kappa shape index (κ2) is 6.08. The lowest BCUT2D eigenvalue weighted by Crippen LogP contribution is -2.52. The first-order valence-electron chi connectivity index (χ1n) is 9.17. The van der Waals surface area contributed by atoms with Gasteiger partial charge in [0.15, 0.2) is 5.11 Å². The van der Waals surface area contributed by atoms with E-state index in [9.17, 15) is 0 Å². The molecule has 0 heterocycles. The number of benzene rings is 1. The van der Waals surface area contributed by atoms with E-state index >= 15 is 0 Å². The van der Waals surface area contributed by atoms with Gasteiger partial charge in [0.25, 0.3) is 0 Å². The molecular weight excluding hydrogens is 300 g/mol. The van der Waals surface area contributed by atoms with Crippen molar-refractivity contribution >= 4 is 17.3 Å². The zero-order valence-corrected chi connectivity index (χ0v) is 14.9. The summed E-state index contributed by atoms with van der Waals surface area (Å²) < 4.78 is 0. The third-order valence-electron chi connectivity index (χ3n) is 6.36. The van der Waals surface area contributed by atoms with Crippen LogP contribution in [0.2, 0.25) is 0 Å². The van der Waals surface area contributed by atoms with Crippen molar-refractivity contribution in [2.24, 2.45) is 23.2 Å². The smallest absolute Gasteiger partial charge is 0.166 e. The minimum Gasteiger partial charge on any atom is -0.362 e. The van der Waals surface area contributed by atoms with Crippen LogP contribution in [0.3, 0.4) is 0 Å². The van der Waals surface area contributed by atoms with Crippen LogP contribution in [0.1, 0.15) is 49.7 Å². The van der Waals surface area contributed by atoms with Crippen LogP contribution >= 0.6 is 12.2 Å². The molecule has 0 atom stereocenters. The zero-order valence-electron chi connectivity index (χ0n) is 14.1. The van der Waals surface area contributed by atoms with Crippen LogP contribution in [0.25, 0.3) is 0 Å². The number of hydrogen-bond acceptors (Lipinski definition) is 1. The van der Waals surface area contributed by atoms with Crippen LogP contribution in [0.15, 0.2) is 24.3 Å². The molecular formula is C20H28N2S. The average Bonchev–Trinajstić information content (AvgIpc) is 2.51. The van der Waals surface area contributed by atoms with Gasteiger partial charge in [-0.15, -0.1) is 0 Å². The Morgan fingerprint density at radius 1 is 1.00 bits per heavy atom. The first-order valence-corrected chi connectivity index (χ1v) is 9.58. The summed E-state index contributed by atoms with van der Waals surface area (Å²) >= 11 is 5.51. The normalized spacial score (nSPS) is 34.4. The summed E-state index contributed by atoms with van der Waals surface area (Å²) in [5.41, 5.74) is 3.13. The van der Waals surface area contributed by atoms with Crippen molar-refractivity contribution in [2.45, 2.75) is 52.0 Å². The summed E-state index contributed by atoms with van der Waals surface area (Å²) in [7, 11) is 0. The molecule has 1 aromatic rings. The van der Waals surface area contributed by atoms with Crippen LogP contribution in [0.5, 0.6) is 0 Å². The summed E-state index contributed by atoms with van der Waals surface area (Å²) in [6, 6.07) is 8.65. The summed E-state index contributed by atoms with van der Waals surface area (Å²) in [5.74, 6) is 3.03. The lowest BCUT2D eigenvalue weighted by molar-refractivity contribution is -0.0491. The maximum absolute atomic E-state index is 5.51. The Morgan fingerprint density at radius 3 is 2.13 bits per heavy atom. The Bertz CT molecular complexity index is 543. The van der Waals surface area contributed by atoms with E-state index in [0.29, 0.717) is 5.41 Å². The van der Waals surface area contributed by atoms with E-state index in [1.165, 1.54) is 49.7 Å². The lowest BCUT2D eigenvalue weighted by Gasteiger charge is -2.57. The molecule has 124 valence electrons. The molecule has 4 saturated carbocycles. The van der Waals surface area contributed by atoms with Crippen molar-refractivity contribution < 1.29 is 0 Å². The van der Waals surface area contributed by atoms with E-state index in [2.05, 4.69) is 41.8 Å². The van der Waals surface area contributed by atoms with Gasteiger partial charge in [-0.2, -0.15) is 0 Å². The molecule has 23 heavy (non-hydrogen) atoms. The summed E-state index contributed by atoms with van der Waals surface area (Å²) in [5, 5.41) is 7.73. The highest BCUT2D eigenvalue weighted by atomic mass is 32.1. The molecule has 0 amide bonds. The van der Waals surface area contributed by atoms with Gasteiger partial charge in [-0.1, -0.05) is 29.8 Å². The van der Waals surface area contributed by atoms with Gasteiger partial charge < -0.3 is 10.6 Å². The van der Waals surface area contributed by atoms with Crippen LogP contribution in [-0.2, 0) is 6.54 Å². The lowest BCUT2D eigenvalue weighted by atomic mass is 9.49. The minimum absolute atomic E-state index is 0.546. The molecule has 0 radical (unpaired) electrons. The number of thiocarbonyl (C=S) groups is 1. The maximum Gasteiger partial charge on any atom is 0.166 e. The second-order valence-corrected chi connectivity index (χ2v) is 8.85. The third kappa shape index (κ3) is 3.40. The highest BCUT2D eigenvalue weighted by Crippen LogP contribution is 2.59. The molecule has 5 rings (SSSR count). The first-order chi connectivity index (χ1) is 11.1. The van der Waals surface area contributed by atoms with Gasteiger partial charge in [-0.05, 0) is 86.4 Å². The molecule has 0 saturated heterocycles. The first kappa shape index (κ1) is 15.4. The topological polar surface area (TPSA) is 24.1 Å². The third-order valence-corrected chi connectivity index (χ3v) is 6.65. The van der Waals surface area contributed by atoms with E-state index in [-0.39, 0.29) is 0 Å². The molecule has 2 nitrogen and oxygen atoms in total. The van der Waals surface area contributed by atoms with Crippen molar-refractivity contribution in [2.75, 3.05) is 6.54 Å². The number of hydrogen-bond donors (Lipinski definition) is 2. The van der Waals surface area contributed by atoms with Gasteiger partial charge in [0, 0.05) is 13.1 Å². The fourth-order valence-electron chi connectivity index (χ4n) is 5.73. The predicted octanol–water partition coefficient (Wildman–Crippen LogP) is 4.18. The Kier molecular flexibility index (Phi) is 4.08. The van der Waals surface area contributed by atoms with E-state index in [0.717, 1.165) is 36.0 Å². The molecule has 0 unspecified atom stereocenters. The Hall–Kier alpha value is -1.09. The molecule has 2 N–H and O–H groups in total. The van der Waals surface area contributed by atoms with Gasteiger partial charge in [-0.3, -0.25) is 0 Å². The highest BCUT2D eigenvalue weighted by Gasteiger charge is 2.50. The molecule has 4 fully saturated rings. The summed E-state index contributed by atoms with van der Waals surface area (Å²) in [6.07, 6.45) is 8.84. The molecule has 1 aromatic carbocycles. The molecule has 4 bridgehead atoms. The number of rotatable bonds is 4. The monoisotopic (exact) mass is 328 g/mol. The average molecular weight is 329 g/mol. The van der Waals surface area contributed by atoms with Crippen LogP contribution < -0.4 is 10.6 Å². The van der Waals surface area contributed by atoms with Crippen molar-refractivity contribution in [3.63, 3.8) is 0 Å². The molecule has 3 heteroatoms. The van der Waals surface area contributed by atoms with E-state index in [1.807, 2.05) is 0 Å². The largest absolute Gasteiger partial charge is 0.362 e. The van der Waals surface area contributed by atoms with E-state index in [4.69, 9.17) is 12.2 Å². The van der Waals surface area contributed by atoms with Gasteiger partial charge in [0.1, 0.15) is 0 Å². The SMILES string of the molecule is Cc1ccc(CNC(=S)NCC23CC4CC(CC(C4)C2)C3)cc1. The van der Waals surface area contributed by atoms with Crippen molar-refractivity contribution in [3.8, 4) is 0 Å². The second-order valence-electron chi connectivity index (χ2n) is 8.44. The Morgan fingerprint density at radius 2 is 1.57 bits per heavy atom. The molecule has 0 spiro atoms. The summed E-state index contributed by atoms with van der Waals surface area (Å²) in [6.45, 7) is 4.01. The quantitative estimate of drug-likeness (QED) is 0.811. The maximum atomic E-state index is 5.51. The van der Waals surface area contributed by atoms with Crippen molar-refractivity contribution in [1.82, 2.24) is 10.6 Å². The van der Waals surface area contributed by atoms with E-state index < -0.39 is 0 Å². The number of nitrogens with one attached hydrogen (secondary N) is 2. The van der Waals surface area contributed by atoms with Crippen molar-refractivity contribution in [3.05, 3.63) is 35.4 Å². The fourth-order valence-corrected chi connectivity index (χ4v) is 5.87. The van der Waals surface area contributed by atoms with E-state index in [1.54, 1.807) is 0 Å². The van der Waals surface area contributed by atoms with Gasteiger partial charge in [-0.25, -0.2) is 0 Å². The Labute approximate surface area is 145 Å². The van der Waals surface area contributed by atoms with Gasteiger partial charge in [0.05, 0.1) is 0 Å². The zero-order chi connectivity index (χ0) is 15.9. The van der Waals surface area contributed by atoms with Crippen LogP contribution in [-0.4, -0.2) is 11.7 Å². The Balaban J connectivity index is 1.27. The van der Waals surface area contributed by atoms with Gasteiger partial charge >= 0.3 is 0 Å². The van der Waals surface area contributed by atoms with Gasteiger partial charge in [0.2, 0.25) is 0 Å². The van der Waals surface area contributed by atoms with Crippen LogP contribution in [0.4, 0.5) is 0 Å². The highest BCUT2D eigenvalue weighted by molar-refractivity contribution is 7.80. The summed E-state index contributed by atoms with van der Waals surface area (Å²) in [4.78, 5) is 0. The molecule has 0 aliphatic heterocycles. The molecule has 4 aliphatic rings. The molecule has 0 aromatic heterocycles. The minimum atomic E-state index is 0.546. The molecule has 4 aliphatic carbocycles. The van der Waals surface area contributed by atoms with Crippen LogP contribution in [0, 0.1) is 30.1 Å².